The number of hydrogen-bond acceptors (Lipinski definition) is 4. The lowest BCUT2D eigenvalue weighted by atomic mass is 10.1. The lowest BCUT2D eigenvalue weighted by Crippen LogP contribution is -2.13. The molecule has 106 valence electrons. The van der Waals surface area contributed by atoms with Crippen molar-refractivity contribution in [3.05, 3.63) is 41.9 Å². The van der Waals surface area contributed by atoms with E-state index in [9.17, 15) is 4.79 Å². The Balaban J connectivity index is 2.07. The fraction of sp³-hybridized carbons (Fsp3) is 0.357. The van der Waals surface area contributed by atoms with Gasteiger partial charge < -0.3 is 10.4 Å². The van der Waals surface area contributed by atoms with Crippen LogP contribution in [0.2, 0.25) is 0 Å². The Kier molecular flexibility index (Phi) is 4.34. The molecule has 0 bridgehead atoms. The van der Waals surface area contributed by atoms with Crippen molar-refractivity contribution < 1.29 is 9.90 Å². The monoisotopic (exact) mass is 274 g/mol. The third-order valence-electron chi connectivity index (χ3n) is 2.89. The molecule has 0 atom stereocenters. The smallest absolute Gasteiger partial charge is 0.335 e. The fourth-order valence-corrected chi connectivity index (χ4v) is 1.79. The molecule has 0 aromatic carbocycles. The zero-order valence-corrected chi connectivity index (χ0v) is 11.6. The summed E-state index contributed by atoms with van der Waals surface area (Å²) in [4.78, 5) is 15.5. The Morgan fingerprint density at radius 1 is 1.45 bits per heavy atom. The van der Waals surface area contributed by atoms with Crippen LogP contribution in [0, 0.1) is 0 Å². The number of nitrogens with one attached hydrogen (secondary N) is 1. The summed E-state index contributed by atoms with van der Waals surface area (Å²) in [5.74, 6) is -0.175. The van der Waals surface area contributed by atoms with Gasteiger partial charge in [-0.1, -0.05) is 13.8 Å². The van der Waals surface area contributed by atoms with Crippen LogP contribution in [0.25, 0.3) is 0 Å². The number of aromatic nitrogens is 3. The van der Waals surface area contributed by atoms with Crippen molar-refractivity contribution in [2.45, 2.75) is 26.3 Å². The minimum atomic E-state index is -0.940. The van der Waals surface area contributed by atoms with Crippen LogP contribution >= 0.6 is 0 Å². The van der Waals surface area contributed by atoms with E-state index in [0.717, 1.165) is 5.69 Å². The molecule has 2 aromatic heterocycles. The Bertz CT molecular complexity index is 579. The van der Waals surface area contributed by atoms with Crippen molar-refractivity contribution in [2.24, 2.45) is 0 Å². The molecule has 0 saturated carbocycles. The lowest BCUT2D eigenvalue weighted by molar-refractivity contribution is 0.0696. The maximum atomic E-state index is 11.1. The predicted octanol–water partition coefficient (Wildman–Crippen LogP) is 2.21. The van der Waals surface area contributed by atoms with Crippen LogP contribution in [0.4, 0.5) is 5.82 Å². The van der Waals surface area contributed by atoms with Gasteiger partial charge in [0.25, 0.3) is 0 Å². The molecule has 0 fully saturated rings. The molecule has 6 heteroatoms. The van der Waals surface area contributed by atoms with Crippen LogP contribution in [-0.2, 0) is 6.54 Å². The normalized spacial score (nSPS) is 10.8. The maximum absolute atomic E-state index is 11.1. The minimum Gasteiger partial charge on any atom is -0.478 e. The van der Waals surface area contributed by atoms with Crippen LogP contribution in [0.15, 0.2) is 30.6 Å². The molecular weight excluding hydrogens is 256 g/mol. The molecule has 2 aromatic rings. The minimum absolute atomic E-state index is 0.181. The molecule has 2 N–H and O–H groups in total. The third kappa shape index (κ3) is 3.57. The number of carboxylic acid groups (broad SMARTS) is 1. The first-order valence-corrected chi connectivity index (χ1v) is 6.53. The summed E-state index contributed by atoms with van der Waals surface area (Å²) in [6, 6.07) is 5.03. The molecule has 0 aliphatic rings. The highest BCUT2D eigenvalue weighted by Gasteiger charge is 2.10. The Labute approximate surface area is 117 Å². The van der Waals surface area contributed by atoms with Crippen molar-refractivity contribution in [2.75, 3.05) is 11.9 Å². The molecule has 2 rings (SSSR count). The number of pyridine rings is 1. The van der Waals surface area contributed by atoms with E-state index in [0.29, 0.717) is 18.9 Å². The molecule has 0 aliphatic heterocycles. The van der Waals surface area contributed by atoms with Gasteiger partial charge in [-0.25, -0.2) is 9.78 Å². The number of nitrogens with zero attached hydrogens (tertiary/aromatic N) is 3. The zero-order valence-electron chi connectivity index (χ0n) is 11.6. The number of carbonyl (C=O) groups is 1. The van der Waals surface area contributed by atoms with E-state index in [-0.39, 0.29) is 11.5 Å². The SMILES string of the molecule is CC(C)c1cc(C(=O)O)cc(NCCn2cccn2)n1. The number of carboxylic acids is 1. The quantitative estimate of drug-likeness (QED) is 0.844. The Morgan fingerprint density at radius 3 is 2.85 bits per heavy atom. The number of aromatic carboxylic acids is 1. The summed E-state index contributed by atoms with van der Waals surface area (Å²) >= 11 is 0. The first kappa shape index (κ1) is 14.0. The molecule has 6 nitrogen and oxygen atoms in total. The highest BCUT2D eigenvalue weighted by Crippen LogP contribution is 2.17. The third-order valence-corrected chi connectivity index (χ3v) is 2.89. The number of anilines is 1. The molecule has 0 radical (unpaired) electrons. The summed E-state index contributed by atoms with van der Waals surface area (Å²) in [5, 5.41) is 16.4. The van der Waals surface area contributed by atoms with Crippen molar-refractivity contribution in [1.29, 1.82) is 0 Å². The van der Waals surface area contributed by atoms with Gasteiger partial charge in [-0.2, -0.15) is 5.10 Å². The van der Waals surface area contributed by atoms with Crippen LogP contribution in [-0.4, -0.2) is 32.4 Å². The van der Waals surface area contributed by atoms with Gasteiger partial charge in [0.15, 0.2) is 0 Å². The van der Waals surface area contributed by atoms with Gasteiger partial charge >= 0.3 is 5.97 Å². The Morgan fingerprint density at radius 2 is 2.25 bits per heavy atom. The topological polar surface area (TPSA) is 80.0 Å². The predicted molar refractivity (Wildman–Crippen MR) is 76.0 cm³/mol. The van der Waals surface area contributed by atoms with Crippen LogP contribution in [0.3, 0.4) is 0 Å². The van der Waals surface area contributed by atoms with Gasteiger partial charge in [-0.3, -0.25) is 4.68 Å². The van der Waals surface area contributed by atoms with E-state index in [1.54, 1.807) is 23.0 Å². The lowest BCUT2D eigenvalue weighted by Gasteiger charge is -2.11. The van der Waals surface area contributed by atoms with Gasteiger partial charge in [0.2, 0.25) is 0 Å². The standard InChI is InChI=1S/C14H18N4O2/c1-10(2)12-8-11(14(19)20)9-13(17-12)15-5-7-18-6-3-4-16-18/h3-4,6,8-10H,5,7H2,1-2H3,(H,15,17)(H,19,20). The van der Waals surface area contributed by atoms with Gasteiger partial charge in [-0.15, -0.1) is 0 Å². The summed E-state index contributed by atoms with van der Waals surface area (Å²) in [6.45, 7) is 5.31. The van der Waals surface area contributed by atoms with E-state index in [2.05, 4.69) is 15.4 Å². The van der Waals surface area contributed by atoms with Crippen LogP contribution < -0.4 is 5.32 Å². The van der Waals surface area contributed by atoms with Crippen molar-refractivity contribution in [1.82, 2.24) is 14.8 Å². The van der Waals surface area contributed by atoms with E-state index in [4.69, 9.17) is 5.11 Å². The van der Waals surface area contributed by atoms with Crippen LogP contribution in [0.5, 0.6) is 0 Å². The molecule has 20 heavy (non-hydrogen) atoms. The van der Waals surface area contributed by atoms with Crippen molar-refractivity contribution in [3.63, 3.8) is 0 Å². The molecular formula is C14H18N4O2. The van der Waals surface area contributed by atoms with Crippen molar-refractivity contribution in [3.8, 4) is 0 Å². The first-order valence-electron chi connectivity index (χ1n) is 6.53. The van der Waals surface area contributed by atoms with Gasteiger partial charge in [-0.05, 0) is 24.1 Å². The van der Waals surface area contributed by atoms with Crippen molar-refractivity contribution >= 4 is 11.8 Å². The first-order chi connectivity index (χ1) is 9.56. The second-order valence-corrected chi connectivity index (χ2v) is 4.82. The van der Waals surface area contributed by atoms with E-state index < -0.39 is 5.97 Å². The average Bonchev–Trinajstić information content (AvgIpc) is 2.91. The Hall–Kier alpha value is -2.37. The summed E-state index contributed by atoms with van der Waals surface area (Å²) < 4.78 is 1.80. The largest absolute Gasteiger partial charge is 0.478 e. The fourth-order valence-electron chi connectivity index (χ4n) is 1.79. The molecule has 0 saturated heterocycles. The molecule has 0 spiro atoms. The highest BCUT2D eigenvalue weighted by atomic mass is 16.4. The highest BCUT2D eigenvalue weighted by molar-refractivity contribution is 5.88. The average molecular weight is 274 g/mol. The summed E-state index contributed by atoms with van der Waals surface area (Å²) in [5.41, 5.74) is 1.02. The van der Waals surface area contributed by atoms with E-state index >= 15 is 0 Å². The van der Waals surface area contributed by atoms with Gasteiger partial charge in [0, 0.05) is 24.6 Å². The van der Waals surface area contributed by atoms with E-state index in [1.807, 2.05) is 26.1 Å². The van der Waals surface area contributed by atoms with Crippen LogP contribution in [0.1, 0.15) is 35.8 Å². The van der Waals surface area contributed by atoms with E-state index in [1.165, 1.54) is 0 Å². The molecule has 2 heterocycles. The molecule has 0 aliphatic carbocycles. The van der Waals surface area contributed by atoms with Gasteiger partial charge in [0.05, 0.1) is 12.1 Å². The molecule has 0 amide bonds. The second-order valence-electron chi connectivity index (χ2n) is 4.82. The number of hydrogen-bond donors (Lipinski definition) is 2. The van der Waals surface area contributed by atoms with Gasteiger partial charge in [0.1, 0.15) is 5.82 Å². The second kappa shape index (κ2) is 6.18. The zero-order chi connectivity index (χ0) is 14.5. The summed E-state index contributed by atoms with van der Waals surface area (Å²) in [6.07, 6.45) is 3.60. The number of rotatable bonds is 6. The maximum Gasteiger partial charge on any atom is 0.335 e. The molecule has 0 unspecified atom stereocenters. The summed E-state index contributed by atoms with van der Waals surface area (Å²) in [7, 11) is 0.